The zero-order chi connectivity index (χ0) is 16.7. The monoisotopic (exact) mass is 405 g/mol. The third-order valence-corrected chi connectivity index (χ3v) is 6.97. The van der Waals surface area contributed by atoms with Crippen LogP contribution in [0.15, 0.2) is 34.1 Å². The van der Waals surface area contributed by atoms with Crippen molar-refractivity contribution in [3.05, 3.63) is 50.1 Å². The van der Waals surface area contributed by atoms with E-state index in [-0.39, 0.29) is 11.4 Å². The standard InChI is InChI=1S/C19H20BrNO2S/c1-23-14-7-5-13(6-8-14)12-21-18(22)17-15(11-16(20)24-17)19(21)9-3-2-4-10-19/h5-8,11H,2-4,9-10,12H2,1H3. The maximum absolute atomic E-state index is 13.1. The highest BCUT2D eigenvalue weighted by Gasteiger charge is 2.50. The summed E-state index contributed by atoms with van der Waals surface area (Å²) in [7, 11) is 1.67. The number of halogens is 1. The minimum Gasteiger partial charge on any atom is -0.497 e. The van der Waals surface area contributed by atoms with Gasteiger partial charge < -0.3 is 9.64 Å². The van der Waals surface area contributed by atoms with Crippen LogP contribution in [0, 0.1) is 0 Å². The molecular weight excluding hydrogens is 386 g/mol. The summed E-state index contributed by atoms with van der Waals surface area (Å²) in [6, 6.07) is 10.2. The van der Waals surface area contributed by atoms with Crippen molar-refractivity contribution in [3.63, 3.8) is 0 Å². The van der Waals surface area contributed by atoms with E-state index in [0.717, 1.165) is 32.8 Å². The Labute approximate surface area is 154 Å². The Hall–Kier alpha value is -1.33. The maximum atomic E-state index is 13.1. The maximum Gasteiger partial charge on any atom is 0.265 e. The number of hydrogen-bond acceptors (Lipinski definition) is 3. The Bertz CT molecular complexity index is 762. The molecule has 4 rings (SSSR count). The van der Waals surface area contributed by atoms with E-state index in [0.29, 0.717) is 6.54 Å². The number of amides is 1. The van der Waals surface area contributed by atoms with Crippen molar-refractivity contribution in [2.24, 2.45) is 0 Å². The molecule has 2 aromatic rings. The second-order valence-electron chi connectivity index (χ2n) is 6.62. The largest absolute Gasteiger partial charge is 0.497 e. The molecule has 0 unspecified atom stereocenters. The van der Waals surface area contributed by atoms with E-state index < -0.39 is 0 Å². The molecule has 5 heteroatoms. The molecule has 1 aliphatic carbocycles. The summed E-state index contributed by atoms with van der Waals surface area (Å²) in [4.78, 5) is 16.2. The van der Waals surface area contributed by atoms with Crippen LogP contribution in [0.3, 0.4) is 0 Å². The highest BCUT2D eigenvalue weighted by molar-refractivity contribution is 9.11. The first-order valence-corrected chi connectivity index (χ1v) is 10.00. The Balaban J connectivity index is 1.70. The summed E-state index contributed by atoms with van der Waals surface area (Å²) in [5.41, 5.74) is 2.30. The fraction of sp³-hybridized carbons (Fsp3) is 0.421. The Kier molecular flexibility index (Phi) is 4.17. The molecule has 1 fully saturated rings. The second-order valence-corrected chi connectivity index (χ2v) is 9.06. The molecule has 126 valence electrons. The topological polar surface area (TPSA) is 29.5 Å². The molecule has 1 aliphatic heterocycles. The number of carbonyl (C=O) groups excluding carboxylic acids is 1. The predicted octanol–water partition coefficient (Wildman–Crippen LogP) is 5.33. The summed E-state index contributed by atoms with van der Waals surface area (Å²) >= 11 is 5.15. The molecule has 0 bridgehead atoms. The molecule has 2 aliphatic rings. The van der Waals surface area contributed by atoms with Gasteiger partial charge >= 0.3 is 0 Å². The second kappa shape index (κ2) is 6.19. The van der Waals surface area contributed by atoms with Crippen molar-refractivity contribution in [1.82, 2.24) is 4.90 Å². The molecule has 3 nitrogen and oxygen atoms in total. The van der Waals surface area contributed by atoms with E-state index in [1.165, 1.54) is 24.8 Å². The van der Waals surface area contributed by atoms with Gasteiger partial charge in [0.25, 0.3) is 5.91 Å². The van der Waals surface area contributed by atoms with Crippen LogP contribution in [0.2, 0.25) is 0 Å². The van der Waals surface area contributed by atoms with E-state index in [1.54, 1.807) is 18.4 Å². The minimum atomic E-state index is -0.104. The van der Waals surface area contributed by atoms with Crippen LogP contribution in [0.1, 0.15) is 52.9 Å². The van der Waals surface area contributed by atoms with Crippen LogP contribution in [-0.2, 0) is 12.1 Å². The highest BCUT2D eigenvalue weighted by atomic mass is 79.9. The molecule has 0 N–H and O–H groups in total. The number of ether oxygens (including phenoxy) is 1. The van der Waals surface area contributed by atoms with Crippen LogP contribution >= 0.6 is 27.3 Å². The van der Waals surface area contributed by atoms with Gasteiger partial charge in [-0.2, -0.15) is 0 Å². The SMILES string of the molecule is COc1ccc(CN2C(=O)c3sc(Br)cc3C23CCCCC3)cc1. The molecule has 24 heavy (non-hydrogen) atoms. The van der Waals surface area contributed by atoms with Crippen LogP contribution in [0.4, 0.5) is 0 Å². The quantitative estimate of drug-likeness (QED) is 0.689. The molecule has 0 atom stereocenters. The number of benzene rings is 1. The van der Waals surface area contributed by atoms with Gasteiger partial charge in [0.2, 0.25) is 0 Å². The van der Waals surface area contributed by atoms with Gasteiger partial charge in [-0.25, -0.2) is 0 Å². The molecule has 0 saturated heterocycles. The van der Waals surface area contributed by atoms with E-state index in [1.807, 2.05) is 12.1 Å². The Morgan fingerprint density at radius 1 is 1.21 bits per heavy atom. The lowest BCUT2D eigenvalue weighted by Gasteiger charge is -2.42. The zero-order valence-electron chi connectivity index (χ0n) is 13.7. The average molecular weight is 406 g/mol. The first-order valence-electron chi connectivity index (χ1n) is 8.39. The van der Waals surface area contributed by atoms with Crippen LogP contribution < -0.4 is 4.74 Å². The first kappa shape index (κ1) is 16.2. The van der Waals surface area contributed by atoms with Crippen molar-refractivity contribution >= 4 is 33.2 Å². The van der Waals surface area contributed by atoms with Gasteiger partial charge in [-0.05, 0) is 52.5 Å². The smallest absolute Gasteiger partial charge is 0.265 e. The molecule has 1 aromatic carbocycles. The molecule has 0 radical (unpaired) electrons. The van der Waals surface area contributed by atoms with Crippen LogP contribution in [0.25, 0.3) is 0 Å². The van der Waals surface area contributed by atoms with E-state index in [2.05, 4.69) is 39.0 Å². The third-order valence-electron chi connectivity index (χ3n) is 5.34. The summed E-state index contributed by atoms with van der Waals surface area (Å²) < 4.78 is 6.30. The van der Waals surface area contributed by atoms with E-state index in [9.17, 15) is 4.79 Å². The molecule has 2 heterocycles. The molecular formula is C19H20BrNO2S. The first-order chi connectivity index (χ1) is 11.6. The summed E-state index contributed by atoms with van der Waals surface area (Å²) in [6.45, 7) is 0.668. The van der Waals surface area contributed by atoms with Crippen molar-refractivity contribution in [2.75, 3.05) is 7.11 Å². The van der Waals surface area contributed by atoms with Crippen molar-refractivity contribution in [2.45, 2.75) is 44.2 Å². The van der Waals surface area contributed by atoms with Gasteiger partial charge in [0.15, 0.2) is 0 Å². The van der Waals surface area contributed by atoms with E-state index in [4.69, 9.17) is 4.74 Å². The Morgan fingerprint density at radius 3 is 2.58 bits per heavy atom. The normalized spacial score (nSPS) is 18.9. The lowest BCUT2D eigenvalue weighted by Crippen LogP contribution is -2.44. The number of rotatable bonds is 3. The average Bonchev–Trinajstić information content (AvgIpc) is 3.09. The highest BCUT2D eigenvalue weighted by Crippen LogP contribution is 2.52. The van der Waals surface area contributed by atoms with Crippen LogP contribution in [0.5, 0.6) is 5.75 Å². The van der Waals surface area contributed by atoms with Crippen molar-refractivity contribution < 1.29 is 9.53 Å². The number of fused-ring (bicyclic) bond motifs is 2. The van der Waals surface area contributed by atoms with Gasteiger partial charge in [-0.15, -0.1) is 11.3 Å². The van der Waals surface area contributed by atoms with Gasteiger partial charge in [-0.1, -0.05) is 31.4 Å². The number of hydrogen-bond donors (Lipinski definition) is 0. The van der Waals surface area contributed by atoms with Gasteiger partial charge in [0.05, 0.1) is 21.3 Å². The van der Waals surface area contributed by atoms with Gasteiger partial charge in [0.1, 0.15) is 5.75 Å². The molecule has 1 spiro atoms. The van der Waals surface area contributed by atoms with Crippen LogP contribution in [-0.4, -0.2) is 17.9 Å². The zero-order valence-corrected chi connectivity index (χ0v) is 16.1. The van der Waals surface area contributed by atoms with Gasteiger partial charge in [-0.3, -0.25) is 4.79 Å². The lowest BCUT2D eigenvalue weighted by molar-refractivity contribution is 0.0387. The fourth-order valence-electron chi connectivity index (χ4n) is 4.14. The molecule has 1 aromatic heterocycles. The number of carbonyl (C=O) groups is 1. The van der Waals surface area contributed by atoms with Crippen molar-refractivity contribution in [3.8, 4) is 5.75 Å². The lowest BCUT2D eigenvalue weighted by atomic mass is 9.77. The number of nitrogens with zero attached hydrogens (tertiary/aromatic N) is 1. The number of methoxy groups -OCH3 is 1. The minimum absolute atomic E-state index is 0.104. The summed E-state index contributed by atoms with van der Waals surface area (Å²) in [5.74, 6) is 1.04. The summed E-state index contributed by atoms with van der Waals surface area (Å²) in [6.07, 6.45) is 5.81. The number of thiophene rings is 1. The van der Waals surface area contributed by atoms with Crippen molar-refractivity contribution in [1.29, 1.82) is 0 Å². The van der Waals surface area contributed by atoms with E-state index >= 15 is 0 Å². The third kappa shape index (κ3) is 2.49. The summed E-state index contributed by atoms with van der Waals surface area (Å²) in [5, 5.41) is 0. The fourth-order valence-corrected chi connectivity index (χ4v) is 5.78. The predicted molar refractivity (Wildman–Crippen MR) is 99.6 cm³/mol. The van der Waals surface area contributed by atoms with Gasteiger partial charge in [0, 0.05) is 12.1 Å². The molecule has 1 amide bonds. The molecule has 1 saturated carbocycles. The Morgan fingerprint density at radius 2 is 1.92 bits per heavy atom.